The molecule has 268 valence electrons. The van der Waals surface area contributed by atoms with Gasteiger partial charge in [0.1, 0.15) is 11.7 Å². The van der Waals surface area contributed by atoms with Crippen molar-refractivity contribution < 1.29 is 25.8 Å². The van der Waals surface area contributed by atoms with Crippen LogP contribution in [-0.2, 0) is 26.5 Å². The van der Waals surface area contributed by atoms with Crippen molar-refractivity contribution in [1.82, 2.24) is 19.1 Å². The Morgan fingerprint density at radius 3 is 1.93 bits per heavy atom. The summed E-state index contributed by atoms with van der Waals surface area (Å²) in [5.41, 5.74) is 8.21. The van der Waals surface area contributed by atoms with E-state index < -0.39 is 0 Å². The number of hydrogen-bond acceptors (Lipinski definition) is 5. The van der Waals surface area contributed by atoms with Crippen molar-refractivity contribution in [3.05, 3.63) is 158 Å². The van der Waals surface area contributed by atoms with Crippen molar-refractivity contribution in [3.63, 3.8) is 0 Å². The zero-order valence-corrected chi connectivity index (χ0v) is 32.5. The molecular formula is C46H35N6OPt-3. The minimum absolute atomic E-state index is 0. The normalized spacial score (nSPS) is 12.9. The molecule has 0 saturated carbocycles. The molecule has 0 spiro atoms. The number of nitrogens with zero attached hydrogens (tertiary/aromatic N) is 6. The second-order valence-electron chi connectivity index (χ2n) is 14.6. The zero-order valence-electron chi connectivity index (χ0n) is 30.2. The first-order valence-corrected chi connectivity index (χ1v) is 17.8. The van der Waals surface area contributed by atoms with E-state index in [1.807, 2.05) is 12.3 Å². The SMILES string of the molecule is CN1[CH-]N(c2[c-]c(Oc3[c-]c4c(cc3)c3ccccc3n4-c3cc(C(C)(C)C)ccn3)nc(-n3c4ccccc4c4ccccc43)c2)c2ccccc21.[Pt]. The van der Waals surface area contributed by atoms with Crippen molar-refractivity contribution in [2.75, 3.05) is 16.8 Å². The van der Waals surface area contributed by atoms with Crippen LogP contribution >= 0.6 is 0 Å². The summed E-state index contributed by atoms with van der Waals surface area (Å²) in [7, 11) is 2.06. The molecular weight excluding hydrogens is 848 g/mol. The summed E-state index contributed by atoms with van der Waals surface area (Å²) in [6.07, 6.45) is 1.89. The summed E-state index contributed by atoms with van der Waals surface area (Å²) in [6.45, 7) is 8.73. The van der Waals surface area contributed by atoms with Crippen LogP contribution in [0.15, 0.2) is 134 Å². The summed E-state index contributed by atoms with van der Waals surface area (Å²) < 4.78 is 11.1. The van der Waals surface area contributed by atoms with Gasteiger partial charge in [0.2, 0.25) is 0 Å². The Morgan fingerprint density at radius 1 is 0.630 bits per heavy atom. The maximum Gasteiger partial charge on any atom is 0.135 e. The fraction of sp³-hybridized carbons (Fsp3) is 0.109. The van der Waals surface area contributed by atoms with Crippen LogP contribution in [0.3, 0.4) is 0 Å². The van der Waals surface area contributed by atoms with Gasteiger partial charge >= 0.3 is 0 Å². The van der Waals surface area contributed by atoms with Crippen LogP contribution in [0.5, 0.6) is 11.6 Å². The molecule has 8 heteroatoms. The van der Waals surface area contributed by atoms with Crippen molar-refractivity contribution in [3.8, 4) is 23.3 Å². The second kappa shape index (κ2) is 12.9. The van der Waals surface area contributed by atoms with Gasteiger partial charge in [-0.2, -0.15) is 24.5 Å². The molecule has 4 aromatic heterocycles. The molecule has 1 aliphatic heterocycles. The molecule has 10 rings (SSSR count). The third-order valence-corrected chi connectivity index (χ3v) is 10.2. The molecule has 0 saturated heterocycles. The average molecular weight is 883 g/mol. The molecule has 9 aromatic rings. The number of hydrogen-bond donors (Lipinski definition) is 0. The van der Waals surface area contributed by atoms with Gasteiger partial charge in [-0.3, -0.25) is 0 Å². The predicted molar refractivity (Wildman–Crippen MR) is 215 cm³/mol. The summed E-state index contributed by atoms with van der Waals surface area (Å²) in [5, 5.41) is 4.52. The molecule has 5 heterocycles. The fourth-order valence-corrected chi connectivity index (χ4v) is 7.63. The molecule has 0 atom stereocenters. The van der Waals surface area contributed by atoms with Gasteiger partial charge in [0.05, 0.1) is 16.9 Å². The van der Waals surface area contributed by atoms with Gasteiger partial charge in [-0.15, -0.1) is 23.6 Å². The number of anilines is 3. The molecule has 54 heavy (non-hydrogen) atoms. The minimum atomic E-state index is -0.0306. The third-order valence-electron chi connectivity index (χ3n) is 10.2. The monoisotopic (exact) mass is 882 g/mol. The van der Waals surface area contributed by atoms with Crippen LogP contribution in [0.4, 0.5) is 17.1 Å². The van der Waals surface area contributed by atoms with Gasteiger partial charge in [-0.1, -0.05) is 93.0 Å². The van der Waals surface area contributed by atoms with E-state index in [1.54, 1.807) is 0 Å². The van der Waals surface area contributed by atoms with Crippen molar-refractivity contribution >= 4 is 60.7 Å². The number of benzene rings is 5. The summed E-state index contributed by atoms with van der Waals surface area (Å²) in [6, 6.07) is 51.2. The van der Waals surface area contributed by atoms with Gasteiger partial charge in [-0.05, 0) is 65.9 Å². The smallest absolute Gasteiger partial charge is 0.135 e. The first-order valence-electron chi connectivity index (χ1n) is 17.8. The van der Waals surface area contributed by atoms with Gasteiger partial charge in [0.15, 0.2) is 0 Å². The molecule has 0 radical (unpaired) electrons. The van der Waals surface area contributed by atoms with Crippen LogP contribution in [0.1, 0.15) is 26.3 Å². The number of aromatic nitrogens is 4. The van der Waals surface area contributed by atoms with E-state index in [4.69, 9.17) is 14.7 Å². The Hall–Kier alpha value is -5.91. The van der Waals surface area contributed by atoms with Crippen LogP contribution in [0.25, 0.3) is 55.2 Å². The number of rotatable bonds is 5. The molecule has 0 amide bonds. The predicted octanol–water partition coefficient (Wildman–Crippen LogP) is 11.1. The standard InChI is InChI=1S/C46H35N6O.Pt/c1-46(2,3)30-23-24-47-43(25-30)52-39-18-10-7-15-35(39)36-22-21-32(28-42(36)52)53-45-27-31(50-29-49(4)40-19-11-12-20-41(40)50)26-44(48-45)51-37-16-8-5-13-33(37)34-14-6-9-17-38(34)51;/h5-26,29H,1-4H3;/q-3;. The largest absolute Gasteiger partial charge is 0.504 e. The molecule has 7 nitrogen and oxygen atoms in total. The molecule has 0 aliphatic carbocycles. The number of fused-ring (bicyclic) bond motifs is 7. The van der Waals surface area contributed by atoms with Gasteiger partial charge < -0.3 is 23.7 Å². The van der Waals surface area contributed by atoms with Crippen LogP contribution in [-0.4, -0.2) is 26.1 Å². The fourth-order valence-electron chi connectivity index (χ4n) is 7.63. The maximum atomic E-state index is 6.71. The van der Waals surface area contributed by atoms with E-state index in [0.717, 1.165) is 72.3 Å². The average Bonchev–Trinajstić information content (AvgIpc) is 3.81. The third kappa shape index (κ3) is 5.45. The zero-order chi connectivity index (χ0) is 35.8. The van der Waals surface area contributed by atoms with E-state index in [0.29, 0.717) is 11.6 Å². The molecule has 0 unspecified atom stereocenters. The van der Waals surface area contributed by atoms with Gasteiger partial charge in [-0.25, -0.2) is 9.97 Å². The topological polar surface area (TPSA) is 51.4 Å². The molecule has 0 bridgehead atoms. The summed E-state index contributed by atoms with van der Waals surface area (Å²) >= 11 is 0. The number of pyridine rings is 2. The Labute approximate surface area is 328 Å². The molecule has 0 N–H and O–H groups in total. The van der Waals surface area contributed by atoms with Crippen molar-refractivity contribution in [1.29, 1.82) is 0 Å². The van der Waals surface area contributed by atoms with Crippen LogP contribution < -0.4 is 14.5 Å². The van der Waals surface area contributed by atoms with Gasteiger partial charge in [0, 0.05) is 60.7 Å². The first-order chi connectivity index (χ1) is 25.8. The summed E-state index contributed by atoms with van der Waals surface area (Å²) in [4.78, 5) is 14.3. The molecule has 1 aliphatic rings. The Kier molecular flexibility index (Phi) is 8.09. The van der Waals surface area contributed by atoms with Crippen molar-refractivity contribution in [2.45, 2.75) is 26.2 Å². The molecule has 0 fully saturated rings. The Bertz CT molecular complexity index is 2830. The number of para-hydroxylation sites is 5. The van der Waals surface area contributed by atoms with Crippen molar-refractivity contribution in [2.24, 2.45) is 0 Å². The van der Waals surface area contributed by atoms with E-state index in [9.17, 15) is 0 Å². The Balaban J connectivity index is 0.00000384. The quantitative estimate of drug-likeness (QED) is 0.161. The van der Waals surface area contributed by atoms with E-state index in [1.165, 1.54) is 5.56 Å². The van der Waals surface area contributed by atoms with E-state index in [-0.39, 0.29) is 26.5 Å². The van der Waals surface area contributed by atoms with Crippen LogP contribution in [0.2, 0.25) is 0 Å². The first kappa shape index (κ1) is 33.9. The van der Waals surface area contributed by atoms with E-state index >= 15 is 0 Å². The van der Waals surface area contributed by atoms with E-state index in [2.05, 4.69) is 187 Å². The Morgan fingerprint density at radius 2 is 1.24 bits per heavy atom. The minimum Gasteiger partial charge on any atom is -0.504 e. The van der Waals surface area contributed by atoms with Gasteiger partial charge in [0.25, 0.3) is 0 Å². The second-order valence-corrected chi connectivity index (χ2v) is 14.6. The molecule has 5 aromatic carbocycles. The number of ether oxygens (including phenoxy) is 1. The summed E-state index contributed by atoms with van der Waals surface area (Å²) in [5.74, 6) is 2.44. The van der Waals surface area contributed by atoms with Crippen LogP contribution in [0, 0.1) is 18.8 Å². The maximum absolute atomic E-state index is 6.71.